The molecule has 54 heavy (non-hydrogen) atoms. The van der Waals surface area contributed by atoms with E-state index in [1.165, 1.54) is 93.5 Å². The van der Waals surface area contributed by atoms with Gasteiger partial charge in [0.25, 0.3) is 6.71 Å². The highest BCUT2D eigenvalue weighted by Crippen LogP contribution is 2.48. The molecule has 4 heterocycles. The summed E-state index contributed by atoms with van der Waals surface area (Å²) in [5.41, 5.74) is 17.4. The summed E-state index contributed by atoms with van der Waals surface area (Å²) in [5, 5.41) is 6.00. The maximum Gasteiger partial charge on any atom is 0.252 e. The number of anilines is 6. The second-order valence-corrected chi connectivity index (χ2v) is 21.4. The Morgan fingerprint density at radius 3 is 1.65 bits per heavy atom. The Morgan fingerprint density at radius 1 is 0.426 bits per heavy atom. The maximum atomic E-state index is 2.68. The van der Waals surface area contributed by atoms with Gasteiger partial charge in [0.2, 0.25) is 0 Å². The minimum atomic E-state index is -2.71. The van der Waals surface area contributed by atoms with Crippen LogP contribution in [-0.4, -0.2) is 14.8 Å². The maximum absolute atomic E-state index is 2.71. The number of benzene rings is 7. The van der Waals surface area contributed by atoms with E-state index in [4.69, 9.17) is 0 Å². The molecule has 0 amide bonds. The van der Waals surface area contributed by atoms with Crippen molar-refractivity contribution < 1.29 is 0 Å². The largest absolute Gasteiger partial charge is 0.312 e. The Morgan fingerprint density at radius 2 is 0.981 bits per heavy atom. The Kier molecular flexibility index (Phi) is 6.36. The zero-order chi connectivity index (χ0) is 36.7. The van der Waals surface area contributed by atoms with E-state index in [0.717, 1.165) is 0 Å². The Hall–Kier alpha value is -5.58. The molecular weight excluding hydrogens is 667 g/mol. The second kappa shape index (κ2) is 10.8. The van der Waals surface area contributed by atoms with Crippen LogP contribution >= 0.6 is 0 Å². The summed E-state index contributed by atoms with van der Waals surface area (Å²) in [6.07, 6.45) is 0. The van der Waals surface area contributed by atoms with Gasteiger partial charge < -0.3 is 9.80 Å². The fraction of sp³-hybridized carbons (Fsp3) is 0.160. The lowest BCUT2D eigenvalue weighted by Gasteiger charge is -2.50. The molecule has 0 N–H and O–H groups in total. The van der Waals surface area contributed by atoms with Crippen LogP contribution in [0, 0.1) is 0 Å². The molecule has 7 aromatic carbocycles. The summed E-state index contributed by atoms with van der Waals surface area (Å²) in [6, 6.07) is 58.7. The van der Waals surface area contributed by atoms with Gasteiger partial charge in [-0.2, -0.15) is 0 Å². The highest BCUT2D eigenvalue weighted by molar-refractivity contribution is 7.24. The Balaban J connectivity index is 1.31. The van der Waals surface area contributed by atoms with Gasteiger partial charge in [0.1, 0.15) is 0 Å². The molecule has 0 saturated carbocycles. The monoisotopic (exact) mass is 710 g/mol. The second-order valence-electron chi connectivity index (χ2n) is 17.7. The lowest BCUT2D eigenvalue weighted by molar-refractivity contribution is 0.590. The van der Waals surface area contributed by atoms with Crippen LogP contribution in [0.5, 0.6) is 0 Å². The zero-order valence-electron chi connectivity index (χ0n) is 31.9. The van der Waals surface area contributed by atoms with Crippen LogP contribution in [0.1, 0.15) is 52.7 Å². The van der Waals surface area contributed by atoms with Crippen molar-refractivity contribution in [2.45, 2.75) is 52.4 Å². The predicted octanol–water partition coefficient (Wildman–Crippen LogP) is 8.04. The molecular formula is C50H43BN2Si. The van der Waals surface area contributed by atoms with Gasteiger partial charge >= 0.3 is 0 Å². The summed E-state index contributed by atoms with van der Waals surface area (Å²) in [5.74, 6) is 0. The normalized spacial score (nSPS) is 15.3. The molecule has 4 aliphatic rings. The van der Waals surface area contributed by atoms with Gasteiger partial charge in [0.15, 0.2) is 8.07 Å². The molecule has 7 aromatic rings. The first-order valence-electron chi connectivity index (χ1n) is 19.5. The number of nitrogens with zero attached hydrogens (tertiary/aromatic N) is 2. The van der Waals surface area contributed by atoms with Gasteiger partial charge in [0.05, 0.1) is 0 Å². The van der Waals surface area contributed by atoms with Gasteiger partial charge in [-0.15, -0.1) is 0 Å². The summed E-state index contributed by atoms with van der Waals surface area (Å²) in [4.78, 5) is 5.25. The molecule has 0 radical (unpaired) electrons. The predicted molar refractivity (Wildman–Crippen MR) is 234 cm³/mol. The standard InChI is InChI=1S/C50H43BN2Si/c1-49(2,3)32-27-28-37-40(29-32)52(34-17-8-7-9-18-34)41-30-33(50(4,5)6)31-42-47(41)51(37)38-21-16-26-46-48(38)53(42)39-22-12-15-25-45(39)54(46)43-23-13-10-19-35(43)36-20-11-14-24-44(36)54/h7-31H,1-6H3. The van der Waals surface area contributed by atoms with Crippen molar-refractivity contribution in [1.29, 1.82) is 0 Å². The van der Waals surface area contributed by atoms with Crippen LogP contribution in [0.2, 0.25) is 0 Å². The Labute approximate surface area is 320 Å². The van der Waals surface area contributed by atoms with E-state index in [9.17, 15) is 0 Å². The van der Waals surface area contributed by atoms with E-state index in [1.807, 2.05) is 0 Å². The molecule has 0 atom stereocenters. The van der Waals surface area contributed by atoms with Crippen molar-refractivity contribution in [3.8, 4) is 11.1 Å². The van der Waals surface area contributed by atoms with Crippen LogP contribution in [0.15, 0.2) is 152 Å². The summed E-state index contributed by atoms with van der Waals surface area (Å²) >= 11 is 0. The van der Waals surface area contributed by atoms with E-state index >= 15 is 0 Å². The van der Waals surface area contributed by atoms with Gasteiger partial charge in [-0.05, 0) is 107 Å². The zero-order valence-corrected chi connectivity index (χ0v) is 32.9. The van der Waals surface area contributed by atoms with Crippen LogP contribution < -0.4 is 46.9 Å². The van der Waals surface area contributed by atoms with E-state index in [0.29, 0.717) is 0 Å². The van der Waals surface area contributed by atoms with Crippen LogP contribution in [0.3, 0.4) is 0 Å². The fourth-order valence-electron chi connectivity index (χ4n) is 10.3. The highest BCUT2D eigenvalue weighted by atomic mass is 28.3. The SMILES string of the molecule is CC(C)(C)c1ccc2c(c1)N(c1ccccc1)c1cc(C(C)(C)C)cc3c1B2c1cccc2c1N3c1ccccc1[Si]21c2ccccc2-c2ccccc21. The molecule has 11 rings (SSSR count). The molecule has 0 bridgehead atoms. The van der Waals surface area contributed by atoms with Gasteiger partial charge in [0, 0.05) is 34.1 Å². The number of fused-ring (bicyclic) bond motifs is 13. The van der Waals surface area contributed by atoms with Gasteiger partial charge in [-0.3, -0.25) is 0 Å². The lowest BCUT2D eigenvalue weighted by Crippen LogP contribution is -2.77. The molecule has 260 valence electrons. The first-order valence-corrected chi connectivity index (χ1v) is 21.5. The third-order valence-electron chi connectivity index (χ3n) is 12.7. The fourth-order valence-corrected chi connectivity index (χ4v) is 15.9. The van der Waals surface area contributed by atoms with E-state index in [-0.39, 0.29) is 17.5 Å². The topological polar surface area (TPSA) is 6.48 Å². The average Bonchev–Trinajstić information content (AvgIpc) is 3.47. The van der Waals surface area contributed by atoms with Crippen LogP contribution in [-0.2, 0) is 10.8 Å². The number of hydrogen-bond acceptors (Lipinski definition) is 2. The number of hydrogen-bond donors (Lipinski definition) is 0. The first kappa shape index (κ1) is 31.9. The molecule has 4 heteroatoms. The summed E-state index contributed by atoms with van der Waals surface area (Å²) in [6.45, 7) is 14.2. The van der Waals surface area contributed by atoms with E-state index in [1.54, 1.807) is 0 Å². The lowest BCUT2D eigenvalue weighted by atomic mass is 9.33. The quantitative estimate of drug-likeness (QED) is 0.159. The average molecular weight is 711 g/mol. The summed E-state index contributed by atoms with van der Waals surface area (Å²) < 4.78 is 0. The molecule has 2 nitrogen and oxygen atoms in total. The van der Waals surface area contributed by atoms with Gasteiger partial charge in [-0.1, -0.05) is 157 Å². The molecule has 0 aromatic heterocycles. The van der Waals surface area contributed by atoms with Crippen molar-refractivity contribution in [3.05, 3.63) is 163 Å². The van der Waals surface area contributed by atoms with Crippen molar-refractivity contribution in [3.63, 3.8) is 0 Å². The van der Waals surface area contributed by atoms with Crippen molar-refractivity contribution in [1.82, 2.24) is 0 Å². The van der Waals surface area contributed by atoms with Crippen molar-refractivity contribution in [2.24, 2.45) is 0 Å². The third-order valence-corrected chi connectivity index (χ3v) is 17.7. The highest BCUT2D eigenvalue weighted by Gasteiger charge is 2.56. The third kappa shape index (κ3) is 4.02. The molecule has 0 unspecified atom stereocenters. The van der Waals surface area contributed by atoms with Crippen LogP contribution in [0.4, 0.5) is 34.1 Å². The van der Waals surface area contributed by atoms with E-state index < -0.39 is 8.07 Å². The minimum Gasteiger partial charge on any atom is -0.312 e. The van der Waals surface area contributed by atoms with Crippen LogP contribution in [0.25, 0.3) is 11.1 Å². The molecule has 0 saturated heterocycles. The first-order chi connectivity index (χ1) is 26.1. The smallest absolute Gasteiger partial charge is 0.252 e. The number of para-hydroxylation sites is 3. The van der Waals surface area contributed by atoms with E-state index in [2.05, 4.69) is 203 Å². The molecule has 1 spiro atoms. The van der Waals surface area contributed by atoms with Crippen molar-refractivity contribution >= 4 is 86.0 Å². The minimum absolute atomic E-state index is 0.0102. The Bertz CT molecular complexity index is 2670. The molecule has 0 fully saturated rings. The molecule has 0 aliphatic carbocycles. The van der Waals surface area contributed by atoms with Gasteiger partial charge in [-0.25, -0.2) is 0 Å². The molecule has 4 aliphatic heterocycles. The van der Waals surface area contributed by atoms with Crippen molar-refractivity contribution in [2.75, 3.05) is 9.80 Å². The summed E-state index contributed by atoms with van der Waals surface area (Å²) in [7, 11) is -2.71. The number of rotatable bonds is 1.